The molecule has 0 aromatic heterocycles. The van der Waals surface area contributed by atoms with Crippen molar-refractivity contribution in [1.29, 1.82) is 0 Å². The molecule has 0 amide bonds. The summed E-state index contributed by atoms with van der Waals surface area (Å²) in [5, 5.41) is 19.7. The van der Waals surface area contributed by atoms with E-state index in [9.17, 15) is 10.2 Å². The molecular formula is C10H14O2Si. The van der Waals surface area contributed by atoms with Crippen LogP contribution in [-0.4, -0.2) is 18.3 Å². The van der Waals surface area contributed by atoms with E-state index in [-0.39, 0.29) is 11.5 Å². The maximum Gasteiger partial charge on any atom is 0.157 e. The molecule has 0 saturated heterocycles. The highest BCUT2D eigenvalue weighted by molar-refractivity contribution is 6.94. The van der Waals surface area contributed by atoms with Gasteiger partial charge in [-0.3, -0.25) is 0 Å². The third-order valence-corrected chi connectivity index (χ3v) is 5.03. The molecule has 3 heteroatoms. The van der Waals surface area contributed by atoms with Gasteiger partial charge in [0, 0.05) is 0 Å². The molecule has 0 bridgehead atoms. The van der Waals surface area contributed by atoms with Gasteiger partial charge in [0.05, 0.1) is 0 Å². The molecule has 0 fully saturated rings. The van der Waals surface area contributed by atoms with E-state index < -0.39 is 8.07 Å². The molecule has 1 aromatic carbocycles. The second-order valence-corrected chi connectivity index (χ2v) is 7.99. The first-order valence-corrected chi connectivity index (χ1v) is 7.22. The molecule has 0 unspecified atom stereocenters. The predicted molar refractivity (Wildman–Crippen MR) is 57.1 cm³/mol. The molecule has 0 atom stereocenters. The first kappa shape index (κ1) is 9.86. The Labute approximate surface area is 79.2 Å². The summed E-state index contributed by atoms with van der Waals surface area (Å²) in [6.45, 7) is 7.88. The van der Waals surface area contributed by atoms with Crippen LogP contribution < -0.4 is 5.19 Å². The Morgan fingerprint density at radius 1 is 1.31 bits per heavy atom. The van der Waals surface area contributed by atoms with E-state index in [1.165, 1.54) is 6.07 Å². The average Bonchev–Trinajstić information content (AvgIpc) is 2.09. The largest absolute Gasteiger partial charge is 0.504 e. The van der Waals surface area contributed by atoms with Crippen LogP contribution >= 0.6 is 0 Å². The maximum absolute atomic E-state index is 9.60. The van der Waals surface area contributed by atoms with Gasteiger partial charge in [-0.2, -0.15) is 0 Å². The lowest BCUT2D eigenvalue weighted by Gasteiger charge is -2.19. The average molecular weight is 194 g/mol. The zero-order chi connectivity index (χ0) is 10.1. The van der Waals surface area contributed by atoms with Crippen molar-refractivity contribution in [1.82, 2.24) is 0 Å². The molecule has 70 valence electrons. The van der Waals surface area contributed by atoms with Crippen LogP contribution in [0.15, 0.2) is 30.5 Å². The Morgan fingerprint density at radius 3 is 2.46 bits per heavy atom. The van der Waals surface area contributed by atoms with Gasteiger partial charge in [-0.05, 0) is 11.3 Å². The van der Waals surface area contributed by atoms with Crippen LogP contribution in [0.1, 0.15) is 0 Å². The highest BCUT2D eigenvalue weighted by atomic mass is 28.3. The minimum atomic E-state index is -1.78. The molecule has 0 aliphatic heterocycles. The van der Waals surface area contributed by atoms with Crippen LogP contribution in [0.4, 0.5) is 0 Å². The summed E-state index contributed by atoms with van der Waals surface area (Å²) < 4.78 is 0. The highest BCUT2D eigenvalue weighted by Gasteiger charge is 2.23. The molecular weight excluding hydrogens is 180 g/mol. The van der Waals surface area contributed by atoms with E-state index in [1.807, 2.05) is 11.8 Å². The van der Waals surface area contributed by atoms with E-state index in [4.69, 9.17) is 0 Å². The van der Waals surface area contributed by atoms with Crippen LogP contribution in [0.25, 0.3) is 0 Å². The zero-order valence-electron chi connectivity index (χ0n) is 7.91. The fourth-order valence-corrected chi connectivity index (χ4v) is 2.65. The van der Waals surface area contributed by atoms with Gasteiger partial charge in [0.1, 0.15) is 8.07 Å². The lowest BCUT2D eigenvalue weighted by molar-refractivity contribution is 0.406. The molecule has 0 heterocycles. The van der Waals surface area contributed by atoms with Crippen molar-refractivity contribution in [2.24, 2.45) is 0 Å². The summed E-state index contributed by atoms with van der Waals surface area (Å²) >= 11 is 0. The minimum Gasteiger partial charge on any atom is -0.504 e. The normalized spacial score (nSPS) is 11.2. The van der Waals surface area contributed by atoms with Crippen molar-refractivity contribution < 1.29 is 10.2 Å². The summed E-state index contributed by atoms with van der Waals surface area (Å²) in [7, 11) is -1.78. The Morgan fingerprint density at radius 2 is 1.92 bits per heavy atom. The molecule has 0 radical (unpaired) electrons. The van der Waals surface area contributed by atoms with Crippen molar-refractivity contribution in [2.45, 2.75) is 13.1 Å². The highest BCUT2D eigenvalue weighted by Crippen LogP contribution is 2.24. The van der Waals surface area contributed by atoms with E-state index in [0.29, 0.717) is 0 Å². The molecule has 0 aliphatic carbocycles. The molecule has 0 spiro atoms. The van der Waals surface area contributed by atoms with Crippen LogP contribution in [0.3, 0.4) is 0 Å². The summed E-state index contributed by atoms with van der Waals surface area (Å²) in [5.74, 6) is -0.0565. The van der Waals surface area contributed by atoms with Gasteiger partial charge < -0.3 is 10.2 Å². The number of benzene rings is 1. The van der Waals surface area contributed by atoms with E-state index in [0.717, 1.165) is 5.19 Å². The second kappa shape index (κ2) is 3.26. The molecule has 1 aromatic rings. The summed E-state index contributed by atoms with van der Waals surface area (Å²) in [6.07, 6.45) is 0. The number of aromatic hydroxyl groups is 2. The van der Waals surface area contributed by atoms with Crippen LogP contribution in [-0.2, 0) is 0 Å². The second-order valence-electron chi connectivity index (χ2n) is 3.60. The van der Waals surface area contributed by atoms with Gasteiger partial charge in [-0.1, -0.05) is 30.9 Å². The van der Waals surface area contributed by atoms with Gasteiger partial charge in [-0.25, -0.2) is 0 Å². The van der Waals surface area contributed by atoms with Crippen LogP contribution in [0.2, 0.25) is 13.1 Å². The van der Waals surface area contributed by atoms with Gasteiger partial charge in [0.15, 0.2) is 11.5 Å². The predicted octanol–water partition coefficient (Wildman–Crippen LogP) is 1.74. The SMILES string of the molecule is C=C[Si](C)(C)c1cccc(O)c1O. The number of phenolic OH excluding ortho intramolecular Hbond substituents is 2. The van der Waals surface area contributed by atoms with Crippen molar-refractivity contribution in [2.75, 3.05) is 0 Å². The Bertz CT molecular complexity index is 332. The summed E-state index contributed by atoms with van der Waals surface area (Å²) in [4.78, 5) is 0. The number of phenols is 2. The van der Waals surface area contributed by atoms with E-state index >= 15 is 0 Å². The smallest absolute Gasteiger partial charge is 0.157 e. The van der Waals surface area contributed by atoms with Crippen molar-refractivity contribution in [3.05, 3.63) is 30.5 Å². The molecule has 0 aliphatic rings. The van der Waals surface area contributed by atoms with Crippen molar-refractivity contribution in [3.63, 3.8) is 0 Å². The fourth-order valence-electron chi connectivity index (χ4n) is 1.16. The van der Waals surface area contributed by atoms with Crippen LogP contribution in [0, 0.1) is 0 Å². The maximum atomic E-state index is 9.60. The van der Waals surface area contributed by atoms with Gasteiger partial charge in [-0.15, -0.1) is 6.58 Å². The van der Waals surface area contributed by atoms with Gasteiger partial charge in [0.2, 0.25) is 0 Å². The topological polar surface area (TPSA) is 40.5 Å². The monoisotopic (exact) mass is 194 g/mol. The van der Waals surface area contributed by atoms with E-state index in [1.54, 1.807) is 6.07 Å². The van der Waals surface area contributed by atoms with Crippen molar-refractivity contribution in [3.8, 4) is 11.5 Å². The number of para-hydroxylation sites is 1. The zero-order valence-corrected chi connectivity index (χ0v) is 8.91. The Kier molecular flexibility index (Phi) is 2.47. The van der Waals surface area contributed by atoms with E-state index in [2.05, 4.69) is 19.7 Å². The fraction of sp³-hybridized carbons (Fsp3) is 0.200. The minimum absolute atomic E-state index is 0.000864. The summed E-state index contributed by atoms with van der Waals surface area (Å²) in [6, 6.07) is 5.05. The lowest BCUT2D eigenvalue weighted by atomic mass is 10.3. The Balaban J connectivity index is 3.30. The first-order chi connectivity index (χ1) is 5.99. The molecule has 0 saturated carbocycles. The number of rotatable bonds is 2. The molecule has 13 heavy (non-hydrogen) atoms. The quantitative estimate of drug-likeness (QED) is 0.556. The third kappa shape index (κ3) is 1.75. The number of hydrogen-bond donors (Lipinski definition) is 2. The molecule has 2 N–H and O–H groups in total. The standard InChI is InChI=1S/C10H14O2Si/c1-4-13(2,3)9-7-5-6-8(11)10(9)12/h4-7,11-12H,1H2,2-3H3. The lowest BCUT2D eigenvalue weighted by Crippen LogP contribution is -2.39. The first-order valence-electron chi connectivity index (χ1n) is 4.14. The number of hydrogen-bond acceptors (Lipinski definition) is 2. The van der Waals surface area contributed by atoms with Crippen molar-refractivity contribution >= 4 is 13.3 Å². The van der Waals surface area contributed by atoms with Gasteiger partial charge in [0.25, 0.3) is 0 Å². The molecule has 2 nitrogen and oxygen atoms in total. The molecule has 1 rings (SSSR count). The Hall–Kier alpha value is -1.22. The van der Waals surface area contributed by atoms with Crippen LogP contribution in [0.5, 0.6) is 11.5 Å². The van der Waals surface area contributed by atoms with Gasteiger partial charge >= 0.3 is 0 Å². The summed E-state index contributed by atoms with van der Waals surface area (Å²) in [5.41, 5.74) is 1.88. The third-order valence-electron chi connectivity index (χ3n) is 2.22.